The van der Waals surface area contributed by atoms with E-state index in [0.717, 1.165) is 5.69 Å². The van der Waals surface area contributed by atoms with Gasteiger partial charge in [-0.05, 0) is 35.1 Å². The lowest BCUT2D eigenvalue weighted by Gasteiger charge is -2.04. The van der Waals surface area contributed by atoms with Crippen LogP contribution < -0.4 is 5.73 Å². The van der Waals surface area contributed by atoms with Crippen molar-refractivity contribution in [3.05, 3.63) is 45.7 Å². The first-order valence-corrected chi connectivity index (χ1v) is 6.91. The molecule has 0 amide bonds. The number of aromatic amines is 1. The molecule has 1 saturated carbocycles. The highest BCUT2D eigenvalue weighted by Crippen LogP contribution is 2.69. The molecule has 2 unspecified atom stereocenters. The summed E-state index contributed by atoms with van der Waals surface area (Å²) in [5.41, 5.74) is 8.04. The molecule has 19 heavy (non-hydrogen) atoms. The number of imidazole rings is 1. The van der Waals surface area contributed by atoms with Gasteiger partial charge in [-0.1, -0.05) is 37.0 Å². The zero-order valence-corrected chi connectivity index (χ0v) is 12.3. The number of nitrogens with zero attached hydrogens (tertiary/aromatic N) is 1. The SMILES string of the molecule is CC1(C)C(c2cc(Cl)cc(Cl)c2)C1c1cnc(N)[nH]1. The minimum absolute atomic E-state index is 0.146. The average molecular weight is 296 g/mol. The van der Waals surface area contributed by atoms with Crippen LogP contribution in [0.2, 0.25) is 10.0 Å². The van der Waals surface area contributed by atoms with Gasteiger partial charge in [0, 0.05) is 21.7 Å². The molecule has 0 aliphatic heterocycles. The van der Waals surface area contributed by atoms with Crippen LogP contribution in [0.1, 0.15) is 36.9 Å². The first-order valence-electron chi connectivity index (χ1n) is 6.16. The van der Waals surface area contributed by atoms with E-state index in [1.165, 1.54) is 5.56 Å². The van der Waals surface area contributed by atoms with Crippen LogP contribution in [0.3, 0.4) is 0 Å². The molecule has 1 aliphatic rings. The molecule has 0 saturated heterocycles. The van der Waals surface area contributed by atoms with E-state index in [-0.39, 0.29) is 5.41 Å². The highest BCUT2D eigenvalue weighted by atomic mass is 35.5. The summed E-state index contributed by atoms with van der Waals surface area (Å²) in [5.74, 6) is 1.20. The average Bonchev–Trinajstić information content (AvgIpc) is 2.63. The third-order valence-corrected chi connectivity index (χ3v) is 4.46. The molecule has 3 N–H and O–H groups in total. The summed E-state index contributed by atoms with van der Waals surface area (Å²) in [4.78, 5) is 7.20. The van der Waals surface area contributed by atoms with Crippen molar-refractivity contribution in [2.24, 2.45) is 5.41 Å². The van der Waals surface area contributed by atoms with Gasteiger partial charge in [-0.2, -0.15) is 0 Å². The van der Waals surface area contributed by atoms with Gasteiger partial charge in [0.2, 0.25) is 0 Å². The number of nitrogens with two attached hydrogens (primary N) is 1. The van der Waals surface area contributed by atoms with E-state index in [1.807, 2.05) is 18.3 Å². The normalized spacial score (nSPS) is 24.4. The number of nitrogen functional groups attached to an aromatic ring is 1. The highest BCUT2D eigenvalue weighted by Gasteiger charge is 2.59. The first-order chi connectivity index (χ1) is 8.89. The van der Waals surface area contributed by atoms with Gasteiger partial charge in [0.05, 0.1) is 6.20 Å². The van der Waals surface area contributed by atoms with E-state index in [9.17, 15) is 0 Å². The largest absolute Gasteiger partial charge is 0.369 e. The zero-order valence-electron chi connectivity index (χ0n) is 10.7. The van der Waals surface area contributed by atoms with Gasteiger partial charge in [-0.3, -0.25) is 0 Å². The number of halogens is 2. The molecule has 2 aromatic rings. The molecule has 1 heterocycles. The van der Waals surface area contributed by atoms with Crippen LogP contribution in [-0.2, 0) is 0 Å². The Bertz CT molecular complexity index is 613. The minimum atomic E-state index is 0.146. The summed E-state index contributed by atoms with van der Waals surface area (Å²) in [6.45, 7) is 4.46. The number of hydrogen-bond donors (Lipinski definition) is 2. The zero-order chi connectivity index (χ0) is 13.8. The van der Waals surface area contributed by atoms with Gasteiger partial charge >= 0.3 is 0 Å². The third-order valence-electron chi connectivity index (χ3n) is 4.02. The lowest BCUT2D eigenvalue weighted by atomic mass is 10.0. The van der Waals surface area contributed by atoms with Crippen molar-refractivity contribution in [1.29, 1.82) is 0 Å². The molecular formula is C14H15Cl2N3. The third kappa shape index (κ3) is 2.11. The summed E-state index contributed by atoms with van der Waals surface area (Å²) in [6.07, 6.45) is 1.81. The summed E-state index contributed by atoms with van der Waals surface area (Å²) in [5, 5.41) is 1.35. The van der Waals surface area contributed by atoms with Crippen molar-refractivity contribution < 1.29 is 0 Å². The molecule has 1 aromatic heterocycles. The Hall–Kier alpha value is -1.19. The van der Waals surface area contributed by atoms with Crippen molar-refractivity contribution in [2.45, 2.75) is 25.7 Å². The molecule has 0 spiro atoms. The molecule has 3 nitrogen and oxygen atoms in total. The summed E-state index contributed by atoms with van der Waals surface area (Å²) >= 11 is 12.2. The molecule has 0 radical (unpaired) electrons. The van der Waals surface area contributed by atoms with E-state index in [2.05, 4.69) is 23.8 Å². The predicted molar refractivity (Wildman–Crippen MR) is 78.7 cm³/mol. The van der Waals surface area contributed by atoms with E-state index < -0.39 is 0 Å². The van der Waals surface area contributed by atoms with Gasteiger partial charge in [0.25, 0.3) is 0 Å². The van der Waals surface area contributed by atoms with Gasteiger partial charge in [0.1, 0.15) is 0 Å². The fraction of sp³-hybridized carbons (Fsp3) is 0.357. The molecule has 1 fully saturated rings. The van der Waals surface area contributed by atoms with Crippen molar-refractivity contribution in [3.8, 4) is 0 Å². The van der Waals surface area contributed by atoms with Crippen LogP contribution in [0, 0.1) is 5.41 Å². The van der Waals surface area contributed by atoms with Crippen LogP contribution in [0.5, 0.6) is 0 Å². The van der Waals surface area contributed by atoms with Crippen LogP contribution in [-0.4, -0.2) is 9.97 Å². The molecule has 1 aliphatic carbocycles. The lowest BCUT2D eigenvalue weighted by molar-refractivity contribution is 0.598. The standard InChI is InChI=1S/C14H15Cl2N3/c1-14(2)11(7-3-8(15)5-9(16)4-7)12(14)10-6-18-13(17)19-10/h3-6,11-12H,1-2H3,(H3,17,18,19). The highest BCUT2D eigenvalue weighted by molar-refractivity contribution is 6.34. The number of nitrogens with one attached hydrogen (secondary N) is 1. The maximum absolute atomic E-state index is 6.09. The van der Waals surface area contributed by atoms with Crippen LogP contribution in [0.4, 0.5) is 5.95 Å². The van der Waals surface area contributed by atoms with E-state index in [4.69, 9.17) is 28.9 Å². The van der Waals surface area contributed by atoms with Gasteiger partial charge in [0.15, 0.2) is 5.95 Å². The van der Waals surface area contributed by atoms with Crippen LogP contribution >= 0.6 is 23.2 Å². The van der Waals surface area contributed by atoms with Gasteiger partial charge in [-0.15, -0.1) is 0 Å². The fourth-order valence-electron chi connectivity index (χ4n) is 3.10. The van der Waals surface area contributed by atoms with E-state index in [1.54, 1.807) is 6.07 Å². The number of anilines is 1. The number of aromatic nitrogens is 2. The molecule has 1 aromatic carbocycles. The van der Waals surface area contributed by atoms with Crippen molar-refractivity contribution in [3.63, 3.8) is 0 Å². The Morgan fingerprint density at radius 1 is 1.16 bits per heavy atom. The maximum atomic E-state index is 6.09. The summed E-state index contributed by atoms with van der Waals surface area (Å²) < 4.78 is 0. The minimum Gasteiger partial charge on any atom is -0.369 e. The second-order valence-corrected chi connectivity index (χ2v) is 6.58. The predicted octanol–water partition coefficient (Wildman–Crippen LogP) is 4.21. The smallest absolute Gasteiger partial charge is 0.197 e. The number of rotatable bonds is 2. The van der Waals surface area contributed by atoms with Crippen LogP contribution in [0.25, 0.3) is 0 Å². The Labute approximate surface area is 122 Å². The van der Waals surface area contributed by atoms with Gasteiger partial charge < -0.3 is 10.7 Å². The Balaban J connectivity index is 1.98. The molecule has 3 rings (SSSR count). The second kappa shape index (κ2) is 4.15. The van der Waals surface area contributed by atoms with Crippen molar-refractivity contribution in [2.75, 3.05) is 5.73 Å². The quantitative estimate of drug-likeness (QED) is 0.872. The maximum Gasteiger partial charge on any atom is 0.197 e. The summed E-state index contributed by atoms with van der Waals surface area (Å²) in [7, 11) is 0. The Morgan fingerprint density at radius 3 is 2.32 bits per heavy atom. The molecular weight excluding hydrogens is 281 g/mol. The van der Waals surface area contributed by atoms with E-state index >= 15 is 0 Å². The lowest BCUT2D eigenvalue weighted by Crippen LogP contribution is -1.91. The Kier molecular flexibility index (Phi) is 2.80. The molecule has 100 valence electrons. The fourth-order valence-corrected chi connectivity index (χ4v) is 3.65. The number of H-pyrrole nitrogens is 1. The van der Waals surface area contributed by atoms with Gasteiger partial charge in [-0.25, -0.2) is 4.98 Å². The van der Waals surface area contributed by atoms with Crippen molar-refractivity contribution in [1.82, 2.24) is 9.97 Å². The van der Waals surface area contributed by atoms with Crippen LogP contribution in [0.15, 0.2) is 24.4 Å². The topological polar surface area (TPSA) is 54.7 Å². The first kappa shape index (κ1) is 12.8. The molecule has 2 atom stereocenters. The van der Waals surface area contributed by atoms with E-state index in [0.29, 0.717) is 27.8 Å². The summed E-state index contributed by atoms with van der Waals surface area (Å²) in [6, 6.07) is 5.73. The molecule has 0 bridgehead atoms. The Morgan fingerprint density at radius 2 is 1.79 bits per heavy atom. The van der Waals surface area contributed by atoms with Crippen molar-refractivity contribution >= 4 is 29.2 Å². The molecule has 5 heteroatoms. The number of hydrogen-bond acceptors (Lipinski definition) is 2. The monoisotopic (exact) mass is 295 g/mol. The second-order valence-electron chi connectivity index (χ2n) is 5.70. The number of benzene rings is 1.